The maximum atomic E-state index is 13.9. The van der Waals surface area contributed by atoms with E-state index in [-0.39, 0.29) is 29.1 Å². The smallest absolute Gasteiger partial charge is 0.274 e. The van der Waals surface area contributed by atoms with Crippen LogP contribution < -0.4 is 5.32 Å². The van der Waals surface area contributed by atoms with E-state index in [9.17, 15) is 13.6 Å². The fraction of sp³-hybridized carbons (Fsp3) is 0.474. The summed E-state index contributed by atoms with van der Waals surface area (Å²) in [6, 6.07) is 4.57. The highest BCUT2D eigenvalue weighted by molar-refractivity contribution is 5.93. The zero-order valence-corrected chi connectivity index (χ0v) is 14.4. The molecule has 1 aromatic carbocycles. The van der Waals surface area contributed by atoms with Crippen LogP contribution in [0.5, 0.6) is 0 Å². The van der Waals surface area contributed by atoms with Crippen LogP contribution >= 0.6 is 0 Å². The van der Waals surface area contributed by atoms with Crippen molar-refractivity contribution in [3.05, 3.63) is 41.6 Å². The summed E-state index contributed by atoms with van der Waals surface area (Å²) in [6.45, 7) is 2.02. The van der Waals surface area contributed by atoms with Crippen LogP contribution in [0, 0.1) is 17.6 Å². The van der Waals surface area contributed by atoms with Gasteiger partial charge in [0.25, 0.3) is 5.91 Å². The predicted octanol–water partition coefficient (Wildman–Crippen LogP) is 3.57. The van der Waals surface area contributed by atoms with Crippen molar-refractivity contribution in [2.24, 2.45) is 5.92 Å². The minimum Gasteiger partial charge on any atom is -0.355 e. The largest absolute Gasteiger partial charge is 0.355 e. The zero-order chi connectivity index (χ0) is 18.1. The molecule has 138 valence electrons. The van der Waals surface area contributed by atoms with E-state index in [1.54, 1.807) is 0 Å². The highest BCUT2D eigenvalue weighted by atomic mass is 19.1. The lowest BCUT2D eigenvalue weighted by Gasteiger charge is -2.36. The Hall–Kier alpha value is -2.28. The summed E-state index contributed by atoms with van der Waals surface area (Å²) in [5.41, 5.74) is 0.173. The van der Waals surface area contributed by atoms with Crippen molar-refractivity contribution in [3.8, 4) is 11.3 Å². The average molecular weight is 361 g/mol. The van der Waals surface area contributed by atoms with Crippen LogP contribution in [-0.4, -0.2) is 35.2 Å². The van der Waals surface area contributed by atoms with Crippen molar-refractivity contribution < 1.29 is 18.1 Å². The number of carbonyl (C=O) groups excluding carboxylic acids is 1. The maximum Gasteiger partial charge on any atom is 0.274 e. The number of rotatable bonds is 5. The van der Waals surface area contributed by atoms with Gasteiger partial charge >= 0.3 is 0 Å². The minimum atomic E-state index is -0.754. The second-order valence-corrected chi connectivity index (χ2v) is 7.12. The molecule has 0 spiro atoms. The molecule has 2 aliphatic rings. The molecule has 1 saturated carbocycles. The molecule has 0 bridgehead atoms. The van der Waals surface area contributed by atoms with Crippen LogP contribution in [0.4, 0.5) is 8.78 Å². The molecule has 4 rings (SSSR count). The molecule has 0 radical (unpaired) electrons. The van der Waals surface area contributed by atoms with Gasteiger partial charge in [0.1, 0.15) is 11.6 Å². The van der Waals surface area contributed by atoms with E-state index in [0.29, 0.717) is 0 Å². The lowest BCUT2D eigenvalue weighted by Crippen LogP contribution is -2.51. The maximum absolute atomic E-state index is 13.9. The molecular weight excluding hydrogens is 340 g/mol. The molecule has 1 aromatic heterocycles. The molecule has 1 atom stereocenters. The van der Waals surface area contributed by atoms with Crippen molar-refractivity contribution in [2.45, 2.75) is 38.3 Å². The molecule has 2 aromatic rings. The summed E-state index contributed by atoms with van der Waals surface area (Å²) >= 11 is 0. The molecule has 7 heteroatoms. The Morgan fingerprint density at radius 3 is 2.85 bits per heavy atom. The fourth-order valence-electron chi connectivity index (χ4n) is 3.43. The number of nitrogens with zero attached hydrogens (tertiary/aromatic N) is 2. The van der Waals surface area contributed by atoms with Crippen LogP contribution in [0.3, 0.4) is 0 Å². The van der Waals surface area contributed by atoms with Gasteiger partial charge in [-0.15, -0.1) is 0 Å². The zero-order valence-electron chi connectivity index (χ0n) is 14.4. The van der Waals surface area contributed by atoms with Crippen LogP contribution in [0.15, 0.2) is 28.8 Å². The normalized spacial score (nSPS) is 20.9. The van der Waals surface area contributed by atoms with Gasteiger partial charge in [0.15, 0.2) is 11.5 Å². The Kier molecular flexibility index (Phi) is 4.72. The SMILES string of the molecule is O=C(NC1CCCCN1CC1CC1)c1cc(-c2ccc(F)cc2F)on1. The van der Waals surface area contributed by atoms with E-state index in [1.807, 2.05) is 0 Å². The molecule has 2 fully saturated rings. The Labute approximate surface area is 150 Å². The van der Waals surface area contributed by atoms with Gasteiger partial charge < -0.3 is 9.84 Å². The predicted molar refractivity (Wildman–Crippen MR) is 91.3 cm³/mol. The molecule has 2 heterocycles. The number of aromatic nitrogens is 1. The molecule has 1 N–H and O–H groups in total. The van der Waals surface area contributed by atoms with Gasteiger partial charge in [-0.2, -0.15) is 0 Å². The van der Waals surface area contributed by atoms with Gasteiger partial charge in [-0.3, -0.25) is 9.69 Å². The molecular formula is C19H21F2N3O2. The van der Waals surface area contributed by atoms with Crippen LogP contribution in [0.1, 0.15) is 42.6 Å². The molecule has 1 unspecified atom stereocenters. The van der Waals surface area contributed by atoms with E-state index in [2.05, 4.69) is 15.4 Å². The topological polar surface area (TPSA) is 58.4 Å². The quantitative estimate of drug-likeness (QED) is 0.885. The van der Waals surface area contributed by atoms with Gasteiger partial charge in [0, 0.05) is 25.2 Å². The lowest BCUT2D eigenvalue weighted by atomic mass is 10.1. The lowest BCUT2D eigenvalue weighted by molar-refractivity contribution is 0.0753. The van der Waals surface area contributed by atoms with Crippen molar-refractivity contribution >= 4 is 5.91 Å². The summed E-state index contributed by atoms with van der Waals surface area (Å²) < 4.78 is 32.0. The number of likely N-dealkylation sites (tertiary alicyclic amines) is 1. The van der Waals surface area contributed by atoms with Gasteiger partial charge in [0.2, 0.25) is 0 Å². The number of benzene rings is 1. The number of hydrogen-bond donors (Lipinski definition) is 1. The molecule has 1 aliphatic carbocycles. The highest BCUT2D eigenvalue weighted by Crippen LogP contribution is 2.31. The molecule has 26 heavy (non-hydrogen) atoms. The first-order chi connectivity index (χ1) is 12.6. The number of halogens is 2. The number of piperidine rings is 1. The Bertz CT molecular complexity index is 804. The first-order valence-corrected chi connectivity index (χ1v) is 9.07. The van der Waals surface area contributed by atoms with Gasteiger partial charge in [0.05, 0.1) is 11.7 Å². The fourth-order valence-corrected chi connectivity index (χ4v) is 3.43. The third-order valence-corrected chi connectivity index (χ3v) is 5.04. The third-order valence-electron chi connectivity index (χ3n) is 5.04. The summed E-state index contributed by atoms with van der Waals surface area (Å²) in [4.78, 5) is 14.9. The second kappa shape index (κ2) is 7.15. The monoisotopic (exact) mass is 361 g/mol. The van der Waals surface area contributed by atoms with E-state index in [4.69, 9.17) is 4.52 Å². The van der Waals surface area contributed by atoms with Crippen LogP contribution in [0.25, 0.3) is 11.3 Å². The standard InChI is InChI=1S/C19H21F2N3O2/c20-13-6-7-14(15(21)9-13)17-10-16(23-26-17)19(25)22-18-3-1-2-8-24(18)11-12-4-5-12/h6-7,9-10,12,18H,1-5,8,11H2,(H,22,25). The van der Waals surface area contributed by atoms with E-state index < -0.39 is 11.6 Å². The van der Waals surface area contributed by atoms with Crippen LogP contribution in [-0.2, 0) is 0 Å². The number of nitrogens with one attached hydrogen (secondary N) is 1. The summed E-state index contributed by atoms with van der Waals surface area (Å²) in [7, 11) is 0. The Morgan fingerprint density at radius 1 is 1.23 bits per heavy atom. The first-order valence-electron chi connectivity index (χ1n) is 9.07. The van der Waals surface area contributed by atoms with Crippen LogP contribution in [0.2, 0.25) is 0 Å². The summed E-state index contributed by atoms with van der Waals surface area (Å²) in [5, 5.41) is 6.77. The first kappa shape index (κ1) is 17.1. The summed E-state index contributed by atoms with van der Waals surface area (Å²) in [6.07, 6.45) is 5.68. The Balaban J connectivity index is 1.45. The average Bonchev–Trinajstić information content (AvgIpc) is 3.29. The highest BCUT2D eigenvalue weighted by Gasteiger charge is 2.31. The summed E-state index contributed by atoms with van der Waals surface area (Å²) in [5.74, 6) is -0.901. The van der Waals surface area contributed by atoms with Gasteiger partial charge in [-0.05, 0) is 50.2 Å². The number of amides is 1. The molecule has 5 nitrogen and oxygen atoms in total. The van der Waals surface area contributed by atoms with E-state index >= 15 is 0 Å². The molecule has 1 aliphatic heterocycles. The van der Waals surface area contributed by atoms with Crippen molar-refractivity contribution in [1.29, 1.82) is 0 Å². The third kappa shape index (κ3) is 3.77. The van der Waals surface area contributed by atoms with Gasteiger partial charge in [-0.1, -0.05) is 5.16 Å². The number of hydrogen-bond acceptors (Lipinski definition) is 4. The minimum absolute atomic E-state index is 0.000410. The second-order valence-electron chi connectivity index (χ2n) is 7.12. The van der Waals surface area contributed by atoms with Crippen molar-refractivity contribution in [1.82, 2.24) is 15.4 Å². The van der Waals surface area contributed by atoms with E-state index in [0.717, 1.165) is 50.4 Å². The molecule has 1 saturated heterocycles. The van der Waals surface area contributed by atoms with E-state index in [1.165, 1.54) is 25.0 Å². The van der Waals surface area contributed by atoms with Crippen molar-refractivity contribution in [2.75, 3.05) is 13.1 Å². The van der Waals surface area contributed by atoms with Gasteiger partial charge in [-0.25, -0.2) is 8.78 Å². The number of carbonyl (C=O) groups is 1. The molecule has 1 amide bonds. The van der Waals surface area contributed by atoms with Crippen molar-refractivity contribution in [3.63, 3.8) is 0 Å². The Morgan fingerprint density at radius 2 is 2.08 bits per heavy atom.